The van der Waals surface area contributed by atoms with Gasteiger partial charge < -0.3 is 23.7 Å². The molecule has 0 radical (unpaired) electrons. The molecule has 17 heteroatoms. The summed E-state index contributed by atoms with van der Waals surface area (Å²) in [7, 11) is -0.694. The first-order chi connectivity index (χ1) is 26.6. The lowest BCUT2D eigenvalue weighted by Gasteiger charge is -2.41. The highest BCUT2D eigenvalue weighted by molar-refractivity contribution is 7.87. The van der Waals surface area contributed by atoms with Crippen LogP contribution in [-0.4, -0.2) is 107 Å². The van der Waals surface area contributed by atoms with Gasteiger partial charge in [0, 0.05) is 68.6 Å². The number of carbonyl (C=O) groups is 2. The van der Waals surface area contributed by atoms with E-state index in [-0.39, 0.29) is 44.2 Å². The number of hydrogen-bond acceptors (Lipinski definition) is 10. The maximum absolute atomic E-state index is 14.8. The average molecular weight is 804 g/mol. The summed E-state index contributed by atoms with van der Waals surface area (Å²) in [5.41, 5.74) is 0.575. The fourth-order valence-electron chi connectivity index (χ4n) is 8.61. The Kier molecular flexibility index (Phi) is 11.2. The molecule has 0 spiro atoms. The number of hydrogen-bond donors (Lipinski definition) is 1. The van der Waals surface area contributed by atoms with Gasteiger partial charge in [0.2, 0.25) is 0 Å². The monoisotopic (exact) mass is 803 g/mol. The van der Waals surface area contributed by atoms with Crippen molar-refractivity contribution in [1.82, 2.24) is 18.8 Å². The van der Waals surface area contributed by atoms with Gasteiger partial charge in [-0.05, 0) is 95.2 Å². The topological polar surface area (TPSA) is 142 Å². The third-order valence-electron chi connectivity index (χ3n) is 11.7. The highest BCUT2D eigenvalue weighted by Gasteiger charge is 2.41. The molecule has 1 saturated carbocycles. The molecule has 13 nitrogen and oxygen atoms in total. The molecule has 0 bridgehead atoms. The van der Waals surface area contributed by atoms with Gasteiger partial charge in [-0.15, -0.1) is 0 Å². The van der Waals surface area contributed by atoms with E-state index in [9.17, 15) is 36.0 Å². The molecule has 2 amide bonds. The molecular formula is C39H48F3N5O8S. The molecule has 0 unspecified atom stereocenters. The van der Waals surface area contributed by atoms with Crippen LogP contribution in [0.5, 0.6) is 5.75 Å². The molecule has 4 aliphatic rings. The minimum absolute atomic E-state index is 0.0955. The number of ether oxygens (including phenoxy) is 2. The van der Waals surface area contributed by atoms with Gasteiger partial charge in [0.25, 0.3) is 11.8 Å². The van der Waals surface area contributed by atoms with E-state index in [4.69, 9.17) is 13.9 Å². The maximum atomic E-state index is 14.8. The van der Waals surface area contributed by atoms with Crippen molar-refractivity contribution in [2.24, 2.45) is 0 Å². The second kappa shape index (κ2) is 15.6. The Bertz CT molecular complexity index is 2200. The molecule has 56 heavy (non-hydrogen) atoms. The number of aryl methyl sites for hydroxylation is 2. The minimum atomic E-state index is -5.16. The fraction of sp³-hybridized carbons (Fsp3) is 0.564. The second-order valence-corrected chi connectivity index (χ2v) is 17.0. The van der Waals surface area contributed by atoms with Crippen molar-refractivity contribution in [3.05, 3.63) is 67.6 Å². The minimum Gasteiger partial charge on any atom is -0.490 e. The number of alkyl halides is 3. The first kappa shape index (κ1) is 40.0. The SMILES string of the molecule is COC[C@H]1CN(c2cc(C)c3c4c(c(=O)oc3c2C)CN(C(=O)c2cc(OC3CCCC3)c(C(=O)NS(=O)(=O)N3CCCC3)c(C(F)(F)F)c2)CC4)CCN1C. The predicted molar refractivity (Wildman–Crippen MR) is 202 cm³/mol. The number of piperazine rings is 1. The summed E-state index contributed by atoms with van der Waals surface area (Å²) in [6, 6.07) is 3.91. The van der Waals surface area contributed by atoms with Gasteiger partial charge in [-0.25, -0.2) is 9.52 Å². The Labute approximate surface area is 323 Å². The molecule has 3 aromatic rings. The molecule has 4 heterocycles. The van der Waals surface area contributed by atoms with Crippen molar-refractivity contribution >= 4 is 38.7 Å². The van der Waals surface area contributed by atoms with Crippen LogP contribution in [0.1, 0.15) is 87.1 Å². The van der Waals surface area contributed by atoms with Crippen LogP contribution in [0, 0.1) is 13.8 Å². The number of methoxy groups -OCH3 is 1. The standard InChI is InChI=1S/C39H48F3N5O8S/c1-23-17-31(45-16-15-44(3)26(20-45)22-53-4)24(2)35-33(23)28-11-14-46(21-29(28)38(50)55-35)37(49)25-18-30(39(40,41)42)34(32(19-25)54-27-9-5-6-10-27)36(48)43-56(51,52)47-12-7-8-13-47/h17-19,26-27H,5-16,20-22H2,1-4H3,(H,43,48)/t26-/m1/s1. The number of anilines is 1. The average Bonchev–Trinajstić information content (AvgIpc) is 3.89. The van der Waals surface area contributed by atoms with E-state index < -0.39 is 62.4 Å². The number of likely N-dealkylation sites (N-methyl/N-ethyl adjacent to an activating group) is 1. The van der Waals surface area contributed by atoms with E-state index in [1.165, 1.54) is 4.90 Å². The second-order valence-electron chi connectivity index (χ2n) is 15.4. The predicted octanol–water partition coefficient (Wildman–Crippen LogP) is 4.79. The van der Waals surface area contributed by atoms with Crippen LogP contribution in [0.25, 0.3) is 11.0 Å². The smallest absolute Gasteiger partial charge is 0.417 e. The molecule has 1 atom stereocenters. The van der Waals surface area contributed by atoms with Crippen molar-refractivity contribution in [1.29, 1.82) is 0 Å². The van der Waals surface area contributed by atoms with Crippen LogP contribution < -0.4 is 20.0 Å². The summed E-state index contributed by atoms with van der Waals surface area (Å²) in [4.78, 5) is 47.1. The zero-order chi connectivity index (χ0) is 40.1. The zero-order valence-electron chi connectivity index (χ0n) is 32.1. The number of benzene rings is 2. The zero-order valence-corrected chi connectivity index (χ0v) is 32.9. The first-order valence-electron chi connectivity index (χ1n) is 19.1. The molecule has 1 aromatic heterocycles. The Morgan fingerprint density at radius 2 is 1.70 bits per heavy atom. The molecule has 7 rings (SSSR count). The van der Waals surface area contributed by atoms with Crippen LogP contribution in [-0.2, 0) is 34.1 Å². The van der Waals surface area contributed by atoms with Crippen LogP contribution in [0.4, 0.5) is 18.9 Å². The molecule has 1 N–H and O–H groups in total. The van der Waals surface area contributed by atoms with Crippen LogP contribution in [0.2, 0.25) is 0 Å². The lowest BCUT2D eigenvalue weighted by molar-refractivity contribution is -0.138. The summed E-state index contributed by atoms with van der Waals surface area (Å²) in [5, 5.41) is 0.779. The summed E-state index contributed by atoms with van der Waals surface area (Å²) in [6.45, 7) is 6.94. The highest BCUT2D eigenvalue weighted by Crippen LogP contribution is 2.40. The third kappa shape index (κ3) is 7.74. The Morgan fingerprint density at radius 1 is 0.982 bits per heavy atom. The molecule has 3 aliphatic heterocycles. The summed E-state index contributed by atoms with van der Waals surface area (Å²) >= 11 is 0. The normalized spacial score (nSPS) is 20.2. The Balaban J connectivity index is 1.22. The quantitative estimate of drug-likeness (QED) is 0.301. The first-order valence-corrected chi connectivity index (χ1v) is 20.6. The van der Waals surface area contributed by atoms with E-state index in [2.05, 4.69) is 22.9 Å². The van der Waals surface area contributed by atoms with Crippen LogP contribution in [0.15, 0.2) is 27.4 Å². The Morgan fingerprint density at radius 3 is 2.38 bits per heavy atom. The molecule has 304 valence electrons. The summed E-state index contributed by atoms with van der Waals surface area (Å²) < 4.78 is 90.6. The van der Waals surface area contributed by atoms with E-state index in [1.54, 1.807) is 11.8 Å². The van der Waals surface area contributed by atoms with Gasteiger partial charge in [-0.1, -0.05) is 0 Å². The van der Waals surface area contributed by atoms with Gasteiger partial charge in [0.1, 0.15) is 11.3 Å². The van der Waals surface area contributed by atoms with Gasteiger partial charge in [0.15, 0.2) is 0 Å². The lowest BCUT2D eigenvalue weighted by atomic mass is 9.92. The van der Waals surface area contributed by atoms with Gasteiger partial charge in [-0.3, -0.25) is 14.5 Å². The lowest BCUT2D eigenvalue weighted by Crippen LogP contribution is -2.53. The fourth-order valence-corrected chi connectivity index (χ4v) is 9.81. The van der Waals surface area contributed by atoms with Crippen LogP contribution in [0.3, 0.4) is 0 Å². The van der Waals surface area contributed by atoms with Gasteiger partial charge in [0.05, 0.1) is 42.0 Å². The molecular weight excluding hydrogens is 756 g/mol. The summed E-state index contributed by atoms with van der Waals surface area (Å²) in [5.74, 6) is -2.83. The molecule has 3 fully saturated rings. The van der Waals surface area contributed by atoms with Crippen molar-refractivity contribution in [3.63, 3.8) is 0 Å². The van der Waals surface area contributed by atoms with Gasteiger partial charge >= 0.3 is 22.0 Å². The molecule has 2 aromatic carbocycles. The van der Waals surface area contributed by atoms with Crippen molar-refractivity contribution in [3.8, 4) is 5.75 Å². The largest absolute Gasteiger partial charge is 0.490 e. The number of rotatable bonds is 9. The number of nitrogens with zero attached hydrogens (tertiary/aromatic N) is 4. The van der Waals surface area contributed by atoms with E-state index >= 15 is 0 Å². The number of halogens is 3. The highest BCUT2D eigenvalue weighted by atomic mass is 32.2. The van der Waals surface area contributed by atoms with Gasteiger partial charge in [-0.2, -0.15) is 25.9 Å². The van der Waals surface area contributed by atoms with E-state index in [0.717, 1.165) is 70.6 Å². The van der Waals surface area contributed by atoms with Crippen molar-refractivity contribution in [2.75, 3.05) is 64.9 Å². The number of amides is 2. The van der Waals surface area contributed by atoms with Crippen molar-refractivity contribution in [2.45, 2.75) is 83.7 Å². The maximum Gasteiger partial charge on any atom is 0.417 e. The van der Waals surface area contributed by atoms with Crippen LogP contribution >= 0.6 is 0 Å². The molecule has 1 aliphatic carbocycles. The Hall–Kier alpha value is -4.19. The number of nitrogens with one attached hydrogen (secondary N) is 1. The number of carbonyl (C=O) groups excluding carboxylic acids is 2. The van der Waals surface area contributed by atoms with E-state index in [1.807, 2.05) is 13.8 Å². The summed E-state index contributed by atoms with van der Waals surface area (Å²) in [6.07, 6.45) is -1.77. The number of fused-ring (bicyclic) bond motifs is 3. The third-order valence-corrected chi connectivity index (χ3v) is 13.1. The van der Waals surface area contributed by atoms with E-state index in [0.29, 0.717) is 43.9 Å². The molecule has 2 saturated heterocycles. The van der Waals surface area contributed by atoms with Crippen molar-refractivity contribution < 1.29 is 45.1 Å².